The van der Waals surface area contributed by atoms with E-state index in [1.807, 2.05) is 0 Å². The number of rotatable bonds is 7. The zero-order valence-electron chi connectivity index (χ0n) is 14.8. The van der Waals surface area contributed by atoms with Crippen LogP contribution in [0.3, 0.4) is 0 Å². The fourth-order valence-electron chi connectivity index (χ4n) is 3.21. The van der Waals surface area contributed by atoms with Gasteiger partial charge in [-0.3, -0.25) is 4.79 Å². The molecule has 1 fully saturated rings. The second-order valence-corrected chi connectivity index (χ2v) is 6.61. The van der Waals surface area contributed by atoms with Gasteiger partial charge in [0.15, 0.2) is 0 Å². The van der Waals surface area contributed by atoms with Gasteiger partial charge in [0.25, 0.3) is 0 Å². The van der Waals surface area contributed by atoms with E-state index < -0.39 is 12.0 Å². The van der Waals surface area contributed by atoms with Crippen LogP contribution in [0.15, 0.2) is 40.8 Å². The number of carboxylic acid groups (broad SMARTS) is 1. The van der Waals surface area contributed by atoms with Crippen LogP contribution < -0.4 is 5.32 Å². The summed E-state index contributed by atoms with van der Waals surface area (Å²) >= 11 is 0. The first-order chi connectivity index (χ1) is 13.0. The van der Waals surface area contributed by atoms with Crippen molar-refractivity contribution in [2.45, 2.75) is 31.7 Å². The molecule has 0 aliphatic carbocycles. The number of hydrogen-bond donors (Lipinski definition) is 2. The molecule has 2 N–H and O–H groups in total. The molecule has 1 aliphatic heterocycles. The second kappa shape index (κ2) is 8.81. The third kappa shape index (κ3) is 4.95. The predicted molar refractivity (Wildman–Crippen MR) is 95.5 cm³/mol. The van der Waals surface area contributed by atoms with E-state index in [0.29, 0.717) is 43.1 Å². The maximum absolute atomic E-state index is 13.8. The van der Waals surface area contributed by atoms with Gasteiger partial charge in [-0.05, 0) is 37.1 Å². The lowest BCUT2D eigenvalue weighted by Crippen LogP contribution is -2.48. The van der Waals surface area contributed by atoms with Crippen molar-refractivity contribution in [2.75, 3.05) is 13.2 Å². The van der Waals surface area contributed by atoms with E-state index in [4.69, 9.17) is 9.15 Å². The van der Waals surface area contributed by atoms with E-state index in [0.717, 1.165) is 6.42 Å². The summed E-state index contributed by atoms with van der Waals surface area (Å²) in [6, 6.07) is 8.69. The largest absolute Gasteiger partial charge is 0.480 e. The minimum Gasteiger partial charge on any atom is -0.480 e. The Kier molecular flexibility index (Phi) is 6.24. The first kappa shape index (κ1) is 19.1. The second-order valence-electron chi connectivity index (χ2n) is 6.61. The Morgan fingerprint density at radius 2 is 2.07 bits per heavy atom. The average molecular weight is 375 g/mol. The molecule has 27 heavy (non-hydrogen) atoms. The third-order valence-corrected chi connectivity index (χ3v) is 4.65. The number of halogens is 1. The number of carbonyl (C=O) groups excluding carboxylic acids is 1. The van der Waals surface area contributed by atoms with Crippen LogP contribution in [0, 0.1) is 11.7 Å². The first-order valence-electron chi connectivity index (χ1n) is 8.98. The Balaban J connectivity index is 1.56. The predicted octanol–water partition coefficient (Wildman–Crippen LogP) is 3.01. The van der Waals surface area contributed by atoms with Gasteiger partial charge < -0.3 is 19.6 Å². The van der Waals surface area contributed by atoms with Gasteiger partial charge >= 0.3 is 5.97 Å². The standard InChI is InChI=1S/C20H22FNO5/c21-16-6-2-1-5-15(16)17-9-7-14(27-17)8-10-18(23)22-19(20(24)25)13-4-3-11-26-12-13/h1-2,5-7,9,13,19H,3-4,8,10-12H2,(H,22,23)(H,24,25). The molecular weight excluding hydrogens is 353 g/mol. The van der Waals surface area contributed by atoms with Crippen LogP contribution >= 0.6 is 0 Å². The van der Waals surface area contributed by atoms with Gasteiger partial charge in [-0.2, -0.15) is 0 Å². The number of carboxylic acids is 1. The zero-order chi connectivity index (χ0) is 19.2. The van der Waals surface area contributed by atoms with Gasteiger partial charge in [-0.1, -0.05) is 12.1 Å². The molecule has 6 nitrogen and oxygen atoms in total. The fraction of sp³-hybridized carbons (Fsp3) is 0.400. The molecule has 2 aromatic rings. The van der Waals surface area contributed by atoms with Gasteiger partial charge in [0.05, 0.1) is 12.2 Å². The van der Waals surface area contributed by atoms with Crippen molar-refractivity contribution < 1.29 is 28.2 Å². The van der Waals surface area contributed by atoms with E-state index in [1.165, 1.54) is 6.07 Å². The molecule has 3 rings (SSSR count). The smallest absolute Gasteiger partial charge is 0.326 e. The molecule has 7 heteroatoms. The van der Waals surface area contributed by atoms with Crippen molar-refractivity contribution in [2.24, 2.45) is 5.92 Å². The molecule has 1 aromatic carbocycles. The van der Waals surface area contributed by atoms with Crippen molar-refractivity contribution in [1.29, 1.82) is 0 Å². The topological polar surface area (TPSA) is 88.8 Å². The SMILES string of the molecule is O=C(CCc1ccc(-c2ccccc2F)o1)NC(C(=O)O)C1CCCOC1. The molecule has 1 aliphatic rings. The van der Waals surface area contributed by atoms with Gasteiger partial charge in [-0.15, -0.1) is 0 Å². The quantitative estimate of drug-likeness (QED) is 0.777. The fourth-order valence-corrected chi connectivity index (χ4v) is 3.21. The molecule has 0 radical (unpaired) electrons. The summed E-state index contributed by atoms with van der Waals surface area (Å²) in [5, 5.41) is 12.0. The zero-order valence-corrected chi connectivity index (χ0v) is 14.8. The van der Waals surface area contributed by atoms with Crippen LogP contribution in [0.2, 0.25) is 0 Å². The van der Waals surface area contributed by atoms with E-state index >= 15 is 0 Å². The van der Waals surface area contributed by atoms with E-state index in [9.17, 15) is 19.1 Å². The summed E-state index contributed by atoms with van der Waals surface area (Å²) in [5.41, 5.74) is 0.358. The number of ether oxygens (including phenoxy) is 1. The van der Waals surface area contributed by atoms with E-state index in [2.05, 4.69) is 5.32 Å². The minimum atomic E-state index is -1.06. The van der Waals surface area contributed by atoms with Gasteiger partial charge in [0.2, 0.25) is 5.91 Å². The van der Waals surface area contributed by atoms with Crippen LogP contribution in [0.4, 0.5) is 4.39 Å². The number of furan rings is 1. The monoisotopic (exact) mass is 375 g/mol. The van der Waals surface area contributed by atoms with Crippen LogP contribution in [0.5, 0.6) is 0 Å². The van der Waals surface area contributed by atoms with Crippen molar-refractivity contribution in [3.05, 3.63) is 48.0 Å². The average Bonchev–Trinajstić information content (AvgIpc) is 3.14. The van der Waals surface area contributed by atoms with Crippen molar-refractivity contribution in [3.63, 3.8) is 0 Å². The van der Waals surface area contributed by atoms with Crippen molar-refractivity contribution in [1.82, 2.24) is 5.32 Å². The van der Waals surface area contributed by atoms with Gasteiger partial charge in [-0.25, -0.2) is 9.18 Å². The number of benzene rings is 1. The molecule has 1 saturated heterocycles. The van der Waals surface area contributed by atoms with Gasteiger partial charge in [0, 0.05) is 25.4 Å². The Bertz CT molecular complexity index is 797. The number of carbonyl (C=O) groups is 2. The molecule has 0 saturated carbocycles. The lowest BCUT2D eigenvalue weighted by atomic mass is 9.93. The Labute approximate surface area is 156 Å². The highest BCUT2D eigenvalue weighted by molar-refractivity contribution is 5.83. The van der Waals surface area contributed by atoms with Crippen molar-refractivity contribution >= 4 is 11.9 Å². The van der Waals surface area contributed by atoms with E-state index in [1.54, 1.807) is 30.3 Å². The normalized spacial score (nSPS) is 18.0. The Morgan fingerprint density at radius 3 is 2.78 bits per heavy atom. The third-order valence-electron chi connectivity index (χ3n) is 4.65. The Hall–Kier alpha value is -2.67. The summed E-state index contributed by atoms with van der Waals surface area (Å²) in [7, 11) is 0. The lowest BCUT2D eigenvalue weighted by Gasteiger charge is -2.28. The molecule has 2 atom stereocenters. The van der Waals surface area contributed by atoms with Crippen molar-refractivity contribution in [3.8, 4) is 11.3 Å². The maximum Gasteiger partial charge on any atom is 0.326 e. The molecule has 1 aromatic heterocycles. The van der Waals surface area contributed by atoms with Crippen LogP contribution in [-0.2, 0) is 20.7 Å². The lowest BCUT2D eigenvalue weighted by molar-refractivity contribution is -0.145. The molecule has 2 heterocycles. The minimum absolute atomic E-state index is 0.0849. The van der Waals surface area contributed by atoms with Crippen LogP contribution in [0.1, 0.15) is 25.0 Å². The van der Waals surface area contributed by atoms with Gasteiger partial charge in [0.1, 0.15) is 23.4 Å². The molecule has 0 spiro atoms. The molecule has 2 unspecified atom stereocenters. The summed E-state index contributed by atoms with van der Waals surface area (Å²) < 4.78 is 24.7. The summed E-state index contributed by atoms with van der Waals surface area (Å²) in [6.45, 7) is 0.959. The van der Waals surface area contributed by atoms with Crippen LogP contribution in [0.25, 0.3) is 11.3 Å². The summed E-state index contributed by atoms with van der Waals surface area (Å²) in [5.74, 6) is -1.09. The first-order valence-corrected chi connectivity index (χ1v) is 8.98. The number of aliphatic carboxylic acids is 1. The summed E-state index contributed by atoms with van der Waals surface area (Å²) in [4.78, 5) is 23.7. The molecule has 1 amide bonds. The maximum atomic E-state index is 13.8. The summed E-state index contributed by atoms with van der Waals surface area (Å²) in [6.07, 6.45) is 1.88. The Morgan fingerprint density at radius 1 is 1.26 bits per heavy atom. The highest BCUT2D eigenvalue weighted by atomic mass is 19.1. The highest BCUT2D eigenvalue weighted by Crippen LogP contribution is 2.25. The van der Waals surface area contributed by atoms with Crippen LogP contribution in [-0.4, -0.2) is 36.2 Å². The molecule has 0 bridgehead atoms. The number of nitrogens with one attached hydrogen (secondary N) is 1. The number of aryl methyl sites for hydroxylation is 1. The molecular formula is C20H22FNO5. The number of hydrogen-bond acceptors (Lipinski definition) is 4. The highest BCUT2D eigenvalue weighted by Gasteiger charge is 2.31. The van der Waals surface area contributed by atoms with E-state index in [-0.39, 0.29) is 24.1 Å². The molecule has 144 valence electrons. The number of amides is 1.